The minimum atomic E-state index is 0.789. The summed E-state index contributed by atoms with van der Waals surface area (Å²) in [4.78, 5) is 5.98. The molecule has 0 spiro atoms. The van der Waals surface area contributed by atoms with E-state index in [-0.39, 0.29) is 0 Å². The molecule has 0 amide bonds. The number of hydrogen-bond acceptors (Lipinski definition) is 4. The van der Waals surface area contributed by atoms with E-state index >= 15 is 0 Å². The van der Waals surface area contributed by atoms with Crippen LogP contribution in [0.2, 0.25) is 0 Å². The first kappa shape index (κ1) is 11.8. The molecule has 5 heteroatoms. The van der Waals surface area contributed by atoms with Crippen LogP contribution in [0.4, 0.5) is 5.69 Å². The van der Waals surface area contributed by atoms with Crippen LogP contribution >= 0.6 is 11.8 Å². The number of benzene rings is 1. The standard InChI is InChI=1S/C12H14N4S/c13-9-15-12-16(7-8-17-12)6-5-10-1-3-11(14)4-2-10/h1-4H,5-8,14H2. The monoisotopic (exact) mass is 246 g/mol. The molecule has 0 aromatic heterocycles. The van der Waals surface area contributed by atoms with Crippen LogP contribution < -0.4 is 5.73 Å². The molecule has 0 saturated carbocycles. The van der Waals surface area contributed by atoms with Gasteiger partial charge in [-0.1, -0.05) is 23.9 Å². The topological polar surface area (TPSA) is 65.4 Å². The highest BCUT2D eigenvalue weighted by molar-refractivity contribution is 8.14. The molecular weight excluding hydrogens is 232 g/mol. The molecule has 2 N–H and O–H groups in total. The maximum Gasteiger partial charge on any atom is 0.208 e. The van der Waals surface area contributed by atoms with E-state index in [1.807, 2.05) is 30.5 Å². The summed E-state index contributed by atoms with van der Waals surface area (Å²) in [5.41, 5.74) is 7.68. The summed E-state index contributed by atoms with van der Waals surface area (Å²) in [6.45, 7) is 1.87. The van der Waals surface area contributed by atoms with E-state index in [1.54, 1.807) is 11.8 Å². The number of hydrogen-bond donors (Lipinski definition) is 1. The molecule has 1 heterocycles. The zero-order valence-electron chi connectivity index (χ0n) is 9.47. The summed E-state index contributed by atoms with van der Waals surface area (Å²) in [5.74, 6) is 1.02. The smallest absolute Gasteiger partial charge is 0.208 e. The van der Waals surface area contributed by atoms with E-state index < -0.39 is 0 Å². The van der Waals surface area contributed by atoms with Gasteiger partial charge in [0.05, 0.1) is 0 Å². The van der Waals surface area contributed by atoms with Gasteiger partial charge in [0.25, 0.3) is 0 Å². The molecule has 0 radical (unpaired) electrons. The zero-order valence-corrected chi connectivity index (χ0v) is 10.3. The number of nitrogens with zero attached hydrogens (tertiary/aromatic N) is 3. The van der Waals surface area contributed by atoms with Crippen LogP contribution in [0, 0.1) is 11.5 Å². The maximum absolute atomic E-state index is 8.57. The van der Waals surface area contributed by atoms with E-state index in [0.29, 0.717) is 0 Å². The summed E-state index contributed by atoms with van der Waals surface area (Å²) < 4.78 is 0. The van der Waals surface area contributed by atoms with Gasteiger partial charge in [-0.15, -0.1) is 4.99 Å². The third-order valence-corrected chi connectivity index (χ3v) is 3.65. The van der Waals surface area contributed by atoms with E-state index in [4.69, 9.17) is 11.0 Å². The van der Waals surface area contributed by atoms with Crippen LogP contribution in [-0.2, 0) is 6.42 Å². The Bertz CT molecular complexity index is 447. The first-order valence-electron chi connectivity index (χ1n) is 5.48. The molecule has 1 fully saturated rings. The highest BCUT2D eigenvalue weighted by Gasteiger charge is 2.18. The van der Waals surface area contributed by atoms with E-state index in [9.17, 15) is 0 Å². The lowest BCUT2D eigenvalue weighted by Gasteiger charge is -2.16. The van der Waals surface area contributed by atoms with Gasteiger partial charge in [-0.05, 0) is 24.1 Å². The van der Waals surface area contributed by atoms with Crippen LogP contribution in [0.25, 0.3) is 0 Å². The number of amidine groups is 1. The molecule has 1 aromatic carbocycles. The number of aliphatic imine (C=N–C) groups is 1. The van der Waals surface area contributed by atoms with Gasteiger partial charge in [-0.3, -0.25) is 0 Å². The highest BCUT2D eigenvalue weighted by Crippen LogP contribution is 2.18. The molecule has 2 rings (SSSR count). The Morgan fingerprint density at radius 2 is 2.18 bits per heavy atom. The quantitative estimate of drug-likeness (QED) is 0.651. The Hall–Kier alpha value is -1.67. The number of rotatable bonds is 3. The molecule has 1 saturated heterocycles. The lowest BCUT2D eigenvalue weighted by Crippen LogP contribution is -2.26. The lowest BCUT2D eigenvalue weighted by atomic mass is 10.1. The Morgan fingerprint density at radius 1 is 1.41 bits per heavy atom. The zero-order chi connectivity index (χ0) is 12.1. The van der Waals surface area contributed by atoms with Crippen molar-refractivity contribution in [2.24, 2.45) is 4.99 Å². The number of thioether (sulfide) groups is 1. The first-order valence-corrected chi connectivity index (χ1v) is 6.47. The minimum Gasteiger partial charge on any atom is -0.399 e. The molecule has 1 aliphatic rings. The number of anilines is 1. The second-order valence-electron chi connectivity index (χ2n) is 3.82. The Balaban J connectivity index is 1.92. The predicted molar refractivity (Wildman–Crippen MR) is 71.6 cm³/mol. The Kier molecular flexibility index (Phi) is 3.89. The van der Waals surface area contributed by atoms with Crippen molar-refractivity contribution in [2.75, 3.05) is 24.6 Å². The summed E-state index contributed by atoms with van der Waals surface area (Å²) in [7, 11) is 0. The fourth-order valence-corrected chi connectivity index (χ4v) is 2.70. The first-order chi connectivity index (χ1) is 8.29. The third kappa shape index (κ3) is 3.14. The minimum absolute atomic E-state index is 0.789. The van der Waals surface area contributed by atoms with Gasteiger partial charge in [0.15, 0.2) is 5.17 Å². The van der Waals surface area contributed by atoms with E-state index in [0.717, 1.165) is 36.1 Å². The van der Waals surface area contributed by atoms with Crippen molar-refractivity contribution in [3.63, 3.8) is 0 Å². The van der Waals surface area contributed by atoms with Crippen LogP contribution in [0.15, 0.2) is 29.3 Å². The van der Waals surface area contributed by atoms with Crippen LogP contribution in [0.3, 0.4) is 0 Å². The van der Waals surface area contributed by atoms with Gasteiger partial charge in [-0.2, -0.15) is 5.26 Å². The van der Waals surface area contributed by atoms with E-state index in [1.165, 1.54) is 5.56 Å². The second-order valence-corrected chi connectivity index (χ2v) is 4.88. The van der Waals surface area contributed by atoms with Crippen LogP contribution in [0.1, 0.15) is 5.56 Å². The van der Waals surface area contributed by atoms with Crippen LogP contribution in [0.5, 0.6) is 0 Å². The summed E-state index contributed by atoms with van der Waals surface area (Å²) in [5, 5.41) is 9.42. The summed E-state index contributed by atoms with van der Waals surface area (Å²) in [6.07, 6.45) is 2.80. The highest BCUT2D eigenvalue weighted by atomic mass is 32.2. The average molecular weight is 246 g/mol. The van der Waals surface area contributed by atoms with Crippen LogP contribution in [-0.4, -0.2) is 28.9 Å². The molecule has 88 valence electrons. The van der Waals surface area contributed by atoms with Gasteiger partial charge < -0.3 is 10.6 Å². The summed E-state index contributed by atoms with van der Waals surface area (Å²) in [6, 6.07) is 7.91. The molecule has 1 aromatic rings. The van der Waals surface area contributed by atoms with Gasteiger partial charge in [0, 0.05) is 24.5 Å². The van der Waals surface area contributed by atoms with Gasteiger partial charge >= 0.3 is 0 Å². The van der Waals surface area contributed by atoms with Crippen molar-refractivity contribution >= 4 is 22.6 Å². The maximum atomic E-state index is 8.57. The molecule has 4 nitrogen and oxygen atoms in total. The molecule has 0 aliphatic carbocycles. The van der Waals surface area contributed by atoms with Crippen molar-refractivity contribution in [1.82, 2.24) is 4.90 Å². The molecule has 0 unspecified atom stereocenters. The molecule has 17 heavy (non-hydrogen) atoms. The number of nitriles is 1. The normalized spacial score (nSPS) is 17.4. The second kappa shape index (κ2) is 5.60. The largest absolute Gasteiger partial charge is 0.399 e. The van der Waals surface area contributed by atoms with Crippen molar-refractivity contribution in [2.45, 2.75) is 6.42 Å². The van der Waals surface area contributed by atoms with Crippen molar-refractivity contribution in [3.05, 3.63) is 29.8 Å². The van der Waals surface area contributed by atoms with Crippen molar-refractivity contribution < 1.29 is 0 Å². The summed E-state index contributed by atoms with van der Waals surface area (Å²) >= 11 is 1.65. The lowest BCUT2D eigenvalue weighted by molar-refractivity contribution is 0.466. The van der Waals surface area contributed by atoms with Gasteiger partial charge in [0.2, 0.25) is 6.19 Å². The number of nitrogen functional groups attached to an aromatic ring is 1. The molecule has 0 atom stereocenters. The van der Waals surface area contributed by atoms with E-state index in [2.05, 4.69) is 9.89 Å². The van der Waals surface area contributed by atoms with Crippen molar-refractivity contribution in [3.8, 4) is 6.19 Å². The van der Waals surface area contributed by atoms with Gasteiger partial charge in [-0.25, -0.2) is 0 Å². The third-order valence-electron chi connectivity index (χ3n) is 2.66. The fourth-order valence-electron chi connectivity index (χ4n) is 1.74. The van der Waals surface area contributed by atoms with Crippen molar-refractivity contribution in [1.29, 1.82) is 5.26 Å². The average Bonchev–Trinajstić information content (AvgIpc) is 2.77. The SMILES string of the molecule is N#CN=C1SCCN1CCc1ccc(N)cc1. The fraction of sp³-hybridized carbons (Fsp3) is 0.333. The number of nitrogens with two attached hydrogens (primary N) is 1. The van der Waals surface area contributed by atoms with Gasteiger partial charge in [0.1, 0.15) is 0 Å². The predicted octanol–water partition coefficient (Wildman–Crippen LogP) is 1.70. The Labute approximate surface area is 105 Å². The molecular formula is C12H14N4S. The molecule has 0 bridgehead atoms. The Morgan fingerprint density at radius 3 is 2.88 bits per heavy atom. The molecule has 1 aliphatic heterocycles.